The van der Waals surface area contributed by atoms with E-state index in [0.717, 1.165) is 6.42 Å². The van der Waals surface area contributed by atoms with Gasteiger partial charge in [-0.05, 0) is 12.3 Å². The molecule has 17 heavy (non-hydrogen) atoms. The third-order valence-corrected chi connectivity index (χ3v) is 3.02. The molecule has 0 saturated heterocycles. The van der Waals surface area contributed by atoms with Gasteiger partial charge in [-0.15, -0.1) is 0 Å². The number of esters is 1. The van der Waals surface area contributed by atoms with Crippen LogP contribution in [0, 0.1) is 5.92 Å². The molecule has 0 aliphatic heterocycles. The second-order valence-corrected chi connectivity index (χ2v) is 4.35. The van der Waals surface area contributed by atoms with E-state index in [1.807, 2.05) is 13.8 Å². The normalized spacial score (nSPS) is 13.9. The minimum absolute atomic E-state index is 0.0655. The number of nitrogens with zero attached hydrogens (tertiary/aromatic N) is 1. The number of hydrogen-bond donors (Lipinski definition) is 1. The van der Waals surface area contributed by atoms with Crippen molar-refractivity contribution in [3.63, 3.8) is 0 Å². The van der Waals surface area contributed by atoms with Gasteiger partial charge in [-0.2, -0.15) is 0 Å². The fourth-order valence-corrected chi connectivity index (χ4v) is 1.42. The standard InChI is InChI=1S/C12H24N2O3/c1-5-9(2)11(13)12(16)14(3)8-6-7-10(15)17-4/h9,11H,5-8,13H2,1-4H3/t9?,11-/m0/s1. The van der Waals surface area contributed by atoms with Gasteiger partial charge in [-0.1, -0.05) is 20.3 Å². The van der Waals surface area contributed by atoms with Gasteiger partial charge in [0.1, 0.15) is 0 Å². The van der Waals surface area contributed by atoms with Crippen molar-refractivity contribution < 1.29 is 14.3 Å². The zero-order valence-electron chi connectivity index (χ0n) is 11.2. The molecule has 5 heteroatoms. The Kier molecular flexibility index (Phi) is 7.54. The molecular formula is C12H24N2O3. The van der Waals surface area contributed by atoms with E-state index in [1.165, 1.54) is 7.11 Å². The molecule has 0 rings (SSSR count). The summed E-state index contributed by atoms with van der Waals surface area (Å²) in [5.41, 5.74) is 5.85. The first kappa shape index (κ1) is 15.9. The van der Waals surface area contributed by atoms with Crippen molar-refractivity contribution >= 4 is 11.9 Å². The molecule has 0 fully saturated rings. The van der Waals surface area contributed by atoms with Crippen LogP contribution in [0.2, 0.25) is 0 Å². The van der Waals surface area contributed by atoms with E-state index >= 15 is 0 Å². The predicted octanol–water partition coefficient (Wildman–Crippen LogP) is 0.771. The Hall–Kier alpha value is -1.10. The van der Waals surface area contributed by atoms with Gasteiger partial charge >= 0.3 is 5.97 Å². The Labute approximate surface area is 103 Å². The first-order valence-electron chi connectivity index (χ1n) is 6.01. The monoisotopic (exact) mass is 244 g/mol. The van der Waals surface area contributed by atoms with Crippen molar-refractivity contribution in [2.24, 2.45) is 11.7 Å². The van der Waals surface area contributed by atoms with E-state index in [2.05, 4.69) is 4.74 Å². The van der Waals surface area contributed by atoms with Gasteiger partial charge in [0.2, 0.25) is 5.91 Å². The van der Waals surface area contributed by atoms with Gasteiger partial charge in [0.15, 0.2) is 0 Å². The molecule has 2 N–H and O–H groups in total. The number of rotatable bonds is 7. The molecule has 1 amide bonds. The van der Waals surface area contributed by atoms with Crippen LogP contribution in [-0.2, 0) is 14.3 Å². The Morgan fingerprint density at radius 1 is 1.41 bits per heavy atom. The summed E-state index contributed by atoms with van der Waals surface area (Å²) >= 11 is 0. The van der Waals surface area contributed by atoms with Crippen LogP contribution in [0.5, 0.6) is 0 Å². The van der Waals surface area contributed by atoms with Crippen LogP contribution < -0.4 is 5.73 Å². The fraction of sp³-hybridized carbons (Fsp3) is 0.833. The average Bonchev–Trinajstić information content (AvgIpc) is 2.35. The zero-order chi connectivity index (χ0) is 13.4. The van der Waals surface area contributed by atoms with Crippen molar-refractivity contribution in [3.05, 3.63) is 0 Å². The lowest BCUT2D eigenvalue weighted by Gasteiger charge is -2.24. The third kappa shape index (κ3) is 5.68. The molecule has 5 nitrogen and oxygen atoms in total. The van der Waals surface area contributed by atoms with E-state index in [0.29, 0.717) is 19.4 Å². The number of nitrogens with two attached hydrogens (primary N) is 1. The number of likely N-dealkylation sites (N-methyl/N-ethyl adjacent to an activating group) is 1. The van der Waals surface area contributed by atoms with Crippen LogP contribution in [0.15, 0.2) is 0 Å². The topological polar surface area (TPSA) is 72.6 Å². The van der Waals surface area contributed by atoms with E-state index in [1.54, 1.807) is 11.9 Å². The number of carbonyl (C=O) groups is 2. The van der Waals surface area contributed by atoms with Crippen LogP contribution in [0.1, 0.15) is 33.1 Å². The van der Waals surface area contributed by atoms with E-state index < -0.39 is 6.04 Å². The molecule has 0 aliphatic carbocycles. The van der Waals surface area contributed by atoms with Gasteiger partial charge in [-0.3, -0.25) is 9.59 Å². The lowest BCUT2D eigenvalue weighted by molar-refractivity contribution is -0.141. The van der Waals surface area contributed by atoms with E-state index in [4.69, 9.17) is 5.73 Å². The minimum Gasteiger partial charge on any atom is -0.469 e. The Morgan fingerprint density at radius 3 is 2.47 bits per heavy atom. The molecule has 0 bridgehead atoms. The Bertz CT molecular complexity index is 256. The summed E-state index contributed by atoms with van der Waals surface area (Å²) in [4.78, 5) is 24.4. The maximum Gasteiger partial charge on any atom is 0.305 e. The van der Waals surface area contributed by atoms with Crippen LogP contribution in [0.4, 0.5) is 0 Å². The summed E-state index contributed by atoms with van der Waals surface area (Å²) in [7, 11) is 3.07. The lowest BCUT2D eigenvalue weighted by atomic mass is 9.99. The van der Waals surface area contributed by atoms with Crippen LogP contribution in [0.25, 0.3) is 0 Å². The second kappa shape index (κ2) is 8.06. The van der Waals surface area contributed by atoms with Gasteiger partial charge < -0.3 is 15.4 Å². The second-order valence-electron chi connectivity index (χ2n) is 4.35. The lowest BCUT2D eigenvalue weighted by Crippen LogP contribution is -2.45. The summed E-state index contributed by atoms with van der Waals surface area (Å²) in [5.74, 6) is -0.146. The Balaban J connectivity index is 4.01. The largest absolute Gasteiger partial charge is 0.469 e. The summed E-state index contributed by atoms with van der Waals surface area (Å²) in [6.07, 6.45) is 1.80. The van der Waals surface area contributed by atoms with Gasteiger partial charge in [0.05, 0.1) is 13.2 Å². The van der Waals surface area contributed by atoms with Crippen LogP contribution >= 0.6 is 0 Å². The smallest absolute Gasteiger partial charge is 0.305 e. The van der Waals surface area contributed by atoms with Gasteiger partial charge in [-0.25, -0.2) is 0 Å². The van der Waals surface area contributed by atoms with Crippen molar-refractivity contribution in [2.45, 2.75) is 39.2 Å². The highest BCUT2D eigenvalue weighted by Crippen LogP contribution is 2.08. The molecule has 100 valence electrons. The highest BCUT2D eigenvalue weighted by molar-refractivity contribution is 5.81. The first-order chi connectivity index (χ1) is 7.93. The quantitative estimate of drug-likeness (QED) is 0.671. The molecule has 0 aromatic carbocycles. The zero-order valence-corrected chi connectivity index (χ0v) is 11.2. The number of methoxy groups -OCH3 is 1. The Morgan fingerprint density at radius 2 is 2.00 bits per heavy atom. The molecule has 0 radical (unpaired) electrons. The SMILES string of the molecule is CCC(C)[C@H](N)C(=O)N(C)CCCC(=O)OC. The number of amides is 1. The number of carbonyl (C=O) groups excluding carboxylic acids is 2. The van der Waals surface area contributed by atoms with Gasteiger partial charge in [0.25, 0.3) is 0 Å². The molecule has 2 atom stereocenters. The molecule has 0 aromatic heterocycles. The fourth-order valence-electron chi connectivity index (χ4n) is 1.42. The van der Waals surface area contributed by atoms with Crippen LogP contribution in [-0.4, -0.2) is 43.5 Å². The molecule has 0 saturated carbocycles. The molecule has 0 aromatic rings. The predicted molar refractivity (Wildman–Crippen MR) is 66.3 cm³/mol. The summed E-state index contributed by atoms with van der Waals surface area (Å²) in [6.45, 7) is 4.50. The minimum atomic E-state index is -0.455. The van der Waals surface area contributed by atoms with Crippen molar-refractivity contribution in [2.75, 3.05) is 20.7 Å². The maximum absolute atomic E-state index is 11.9. The third-order valence-electron chi connectivity index (χ3n) is 3.02. The molecule has 0 spiro atoms. The van der Waals surface area contributed by atoms with Crippen molar-refractivity contribution in [1.82, 2.24) is 4.90 Å². The maximum atomic E-state index is 11.9. The van der Waals surface area contributed by atoms with E-state index in [-0.39, 0.29) is 17.8 Å². The highest BCUT2D eigenvalue weighted by Gasteiger charge is 2.22. The first-order valence-corrected chi connectivity index (χ1v) is 6.01. The highest BCUT2D eigenvalue weighted by atomic mass is 16.5. The average molecular weight is 244 g/mol. The molecule has 0 heterocycles. The van der Waals surface area contributed by atoms with Crippen LogP contribution in [0.3, 0.4) is 0 Å². The number of hydrogen-bond acceptors (Lipinski definition) is 4. The van der Waals surface area contributed by atoms with Gasteiger partial charge in [0, 0.05) is 20.0 Å². The molecular weight excluding hydrogens is 220 g/mol. The van der Waals surface area contributed by atoms with Crippen molar-refractivity contribution in [3.8, 4) is 0 Å². The summed E-state index contributed by atoms with van der Waals surface area (Å²) in [6, 6.07) is -0.455. The summed E-state index contributed by atoms with van der Waals surface area (Å²) < 4.78 is 4.53. The van der Waals surface area contributed by atoms with E-state index in [9.17, 15) is 9.59 Å². The van der Waals surface area contributed by atoms with Crippen molar-refractivity contribution in [1.29, 1.82) is 0 Å². The summed E-state index contributed by atoms with van der Waals surface area (Å²) in [5, 5.41) is 0. The molecule has 1 unspecified atom stereocenters. The number of ether oxygens (including phenoxy) is 1. The molecule has 0 aliphatic rings.